The Hall–Kier alpha value is -0.830. The van der Waals surface area contributed by atoms with Gasteiger partial charge in [0.15, 0.2) is 0 Å². The Labute approximate surface area is 91.5 Å². The predicted octanol–water partition coefficient (Wildman–Crippen LogP) is 2.48. The molecule has 0 saturated heterocycles. The molecule has 1 aromatic heterocycles. The fraction of sp³-hybridized carbons (Fsp3) is 0.750. The Kier molecular flexibility index (Phi) is 3.41. The molecule has 0 radical (unpaired) electrons. The molecule has 0 atom stereocenters. The summed E-state index contributed by atoms with van der Waals surface area (Å²) in [5.74, 6) is 1.64. The summed E-state index contributed by atoms with van der Waals surface area (Å²) in [5, 5.41) is 0. The van der Waals surface area contributed by atoms with Gasteiger partial charge in [-0.25, -0.2) is 4.98 Å². The van der Waals surface area contributed by atoms with E-state index in [9.17, 15) is 0 Å². The normalized spacial score (nSPS) is 18.3. The van der Waals surface area contributed by atoms with E-state index < -0.39 is 0 Å². The Morgan fingerprint density at radius 1 is 1.33 bits per heavy atom. The Morgan fingerprint density at radius 2 is 2.07 bits per heavy atom. The van der Waals surface area contributed by atoms with Crippen LogP contribution in [0.1, 0.15) is 62.2 Å². The minimum absolute atomic E-state index is 0.528. The zero-order valence-electron chi connectivity index (χ0n) is 9.55. The number of aryl methyl sites for hydroxylation is 1. The summed E-state index contributed by atoms with van der Waals surface area (Å²) in [4.78, 5) is 7.98. The van der Waals surface area contributed by atoms with Crippen LogP contribution in [0.25, 0.3) is 0 Å². The molecule has 1 aliphatic carbocycles. The molecule has 3 nitrogen and oxygen atoms in total. The lowest BCUT2D eigenvalue weighted by atomic mass is 9.86. The maximum Gasteiger partial charge on any atom is 0.120 e. The summed E-state index contributed by atoms with van der Waals surface area (Å²) in [6.45, 7) is 2.71. The van der Waals surface area contributed by atoms with Crippen LogP contribution in [0, 0.1) is 0 Å². The van der Waals surface area contributed by atoms with Gasteiger partial charge in [0, 0.05) is 11.6 Å². The lowest BCUT2D eigenvalue weighted by Gasteiger charge is -2.20. The lowest BCUT2D eigenvalue weighted by molar-refractivity contribution is 0.435. The van der Waals surface area contributed by atoms with E-state index in [0.717, 1.165) is 12.2 Å². The monoisotopic (exact) mass is 207 g/mol. The SMILES string of the molecule is CCc1[nH]c(CN)nc1C1CCCCC1. The van der Waals surface area contributed by atoms with Gasteiger partial charge < -0.3 is 10.7 Å². The topological polar surface area (TPSA) is 54.7 Å². The molecule has 1 fully saturated rings. The van der Waals surface area contributed by atoms with Crippen LogP contribution in [0.5, 0.6) is 0 Å². The first-order valence-corrected chi connectivity index (χ1v) is 6.12. The highest BCUT2D eigenvalue weighted by Crippen LogP contribution is 2.33. The molecular formula is C12H21N3. The van der Waals surface area contributed by atoms with Crippen molar-refractivity contribution in [2.45, 2.75) is 57.9 Å². The second-order valence-corrected chi connectivity index (χ2v) is 4.44. The van der Waals surface area contributed by atoms with Crippen LogP contribution in [-0.2, 0) is 13.0 Å². The van der Waals surface area contributed by atoms with Crippen molar-refractivity contribution in [3.8, 4) is 0 Å². The third kappa shape index (κ3) is 2.23. The second-order valence-electron chi connectivity index (χ2n) is 4.44. The number of nitrogens with two attached hydrogens (primary N) is 1. The van der Waals surface area contributed by atoms with Gasteiger partial charge in [-0.3, -0.25) is 0 Å². The van der Waals surface area contributed by atoms with Crippen molar-refractivity contribution in [2.24, 2.45) is 5.73 Å². The molecular weight excluding hydrogens is 186 g/mol. The third-order valence-electron chi connectivity index (χ3n) is 3.40. The highest BCUT2D eigenvalue weighted by atomic mass is 15.0. The molecule has 0 aliphatic heterocycles. The standard InChI is InChI=1S/C12H21N3/c1-2-10-12(15-11(8-13)14-10)9-6-4-3-5-7-9/h9H,2-8,13H2,1H3,(H,14,15). The van der Waals surface area contributed by atoms with Gasteiger partial charge in [0.05, 0.1) is 12.2 Å². The first-order valence-electron chi connectivity index (χ1n) is 6.12. The second kappa shape index (κ2) is 4.79. The Balaban J connectivity index is 2.20. The maximum absolute atomic E-state index is 5.62. The van der Waals surface area contributed by atoms with Crippen molar-refractivity contribution >= 4 is 0 Å². The molecule has 3 heteroatoms. The van der Waals surface area contributed by atoms with Crippen molar-refractivity contribution in [3.05, 3.63) is 17.2 Å². The molecule has 0 bridgehead atoms. The molecule has 15 heavy (non-hydrogen) atoms. The molecule has 0 unspecified atom stereocenters. The van der Waals surface area contributed by atoms with E-state index in [1.807, 2.05) is 0 Å². The molecule has 1 heterocycles. The average molecular weight is 207 g/mol. The first kappa shape index (κ1) is 10.7. The van der Waals surface area contributed by atoms with Crippen LogP contribution in [0.15, 0.2) is 0 Å². The van der Waals surface area contributed by atoms with Gasteiger partial charge in [-0.1, -0.05) is 26.2 Å². The van der Waals surface area contributed by atoms with Gasteiger partial charge in [-0.15, -0.1) is 0 Å². The van der Waals surface area contributed by atoms with Gasteiger partial charge in [0.25, 0.3) is 0 Å². The van der Waals surface area contributed by atoms with E-state index >= 15 is 0 Å². The number of hydrogen-bond donors (Lipinski definition) is 2. The Morgan fingerprint density at radius 3 is 2.67 bits per heavy atom. The number of nitrogens with one attached hydrogen (secondary N) is 1. The fourth-order valence-electron chi connectivity index (χ4n) is 2.56. The molecule has 1 saturated carbocycles. The number of aromatic amines is 1. The minimum atomic E-state index is 0.528. The van der Waals surface area contributed by atoms with Crippen LogP contribution < -0.4 is 5.73 Å². The number of H-pyrrole nitrogens is 1. The van der Waals surface area contributed by atoms with Crippen LogP contribution >= 0.6 is 0 Å². The first-order chi connectivity index (χ1) is 7.35. The summed E-state index contributed by atoms with van der Waals surface area (Å²) in [6, 6.07) is 0. The van der Waals surface area contributed by atoms with E-state index in [4.69, 9.17) is 5.73 Å². The van der Waals surface area contributed by atoms with Gasteiger partial charge in [-0.05, 0) is 19.3 Å². The number of aromatic nitrogens is 2. The maximum atomic E-state index is 5.62. The lowest BCUT2D eigenvalue weighted by Crippen LogP contribution is -2.07. The van der Waals surface area contributed by atoms with Crippen LogP contribution in [-0.4, -0.2) is 9.97 Å². The van der Waals surface area contributed by atoms with Crippen molar-refractivity contribution in [3.63, 3.8) is 0 Å². The molecule has 2 rings (SSSR count). The fourth-order valence-corrected chi connectivity index (χ4v) is 2.56. The number of rotatable bonds is 3. The van der Waals surface area contributed by atoms with E-state index in [-0.39, 0.29) is 0 Å². The molecule has 0 spiro atoms. The predicted molar refractivity (Wildman–Crippen MR) is 61.7 cm³/mol. The van der Waals surface area contributed by atoms with Gasteiger partial charge >= 0.3 is 0 Å². The van der Waals surface area contributed by atoms with E-state index in [2.05, 4.69) is 16.9 Å². The molecule has 84 valence electrons. The summed E-state index contributed by atoms with van der Waals surface area (Å²) < 4.78 is 0. The van der Waals surface area contributed by atoms with Gasteiger partial charge in [-0.2, -0.15) is 0 Å². The average Bonchev–Trinajstić information content (AvgIpc) is 2.73. The molecule has 1 aliphatic rings. The van der Waals surface area contributed by atoms with Crippen LogP contribution in [0.2, 0.25) is 0 Å². The molecule has 0 amide bonds. The molecule has 1 aromatic rings. The van der Waals surface area contributed by atoms with Crippen LogP contribution in [0.4, 0.5) is 0 Å². The van der Waals surface area contributed by atoms with Crippen LogP contribution in [0.3, 0.4) is 0 Å². The number of nitrogens with zero attached hydrogens (tertiary/aromatic N) is 1. The van der Waals surface area contributed by atoms with Gasteiger partial charge in [0.2, 0.25) is 0 Å². The van der Waals surface area contributed by atoms with Gasteiger partial charge in [0.1, 0.15) is 5.82 Å². The largest absolute Gasteiger partial charge is 0.345 e. The Bertz CT molecular complexity index is 311. The van der Waals surface area contributed by atoms with E-state index in [0.29, 0.717) is 12.5 Å². The highest BCUT2D eigenvalue weighted by molar-refractivity contribution is 5.19. The zero-order valence-corrected chi connectivity index (χ0v) is 9.55. The third-order valence-corrected chi connectivity index (χ3v) is 3.40. The summed E-state index contributed by atoms with van der Waals surface area (Å²) in [7, 11) is 0. The summed E-state index contributed by atoms with van der Waals surface area (Å²) in [6.07, 6.45) is 7.77. The number of imidazole rings is 1. The van der Waals surface area contributed by atoms with Crippen molar-refractivity contribution < 1.29 is 0 Å². The number of hydrogen-bond acceptors (Lipinski definition) is 2. The molecule has 3 N–H and O–H groups in total. The zero-order chi connectivity index (χ0) is 10.7. The van der Waals surface area contributed by atoms with E-state index in [1.165, 1.54) is 43.5 Å². The van der Waals surface area contributed by atoms with Crippen molar-refractivity contribution in [1.29, 1.82) is 0 Å². The van der Waals surface area contributed by atoms with E-state index in [1.54, 1.807) is 0 Å². The van der Waals surface area contributed by atoms with Crippen molar-refractivity contribution in [2.75, 3.05) is 0 Å². The summed E-state index contributed by atoms with van der Waals surface area (Å²) in [5.41, 5.74) is 8.23. The van der Waals surface area contributed by atoms with Crippen molar-refractivity contribution in [1.82, 2.24) is 9.97 Å². The molecule has 0 aromatic carbocycles. The minimum Gasteiger partial charge on any atom is -0.345 e. The summed E-state index contributed by atoms with van der Waals surface area (Å²) >= 11 is 0. The highest BCUT2D eigenvalue weighted by Gasteiger charge is 2.21. The smallest absolute Gasteiger partial charge is 0.120 e. The quantitative estimate of drug-likeness (QED) is 0.800.